The van der Waals surface area contributed by atoms with Crippen molar-refractivity contribution in [3.8, 4) is 11.5 Å². The smallest absolute Gasteiger partial charge is 0.133 e. The van der Waals surface area contributed by atoms with Crippen LogP contribution in [0.15, 0.2) is 48.5 Å². The van der Waals surface area contributed by atoms with Gasteiger partial charge in [0, 0.05) is 31.7 Å². The zero-order chi connectivity index (χ0) is 19.8. The van der Waals surface area contributed by atoms with Gasteiger partial charge in [0.1, 0.15) is 11.5 Å². The maximum absolute atomic E-state index is 12.0. The van der Waals surface area contributed by atoms with E-state index in [0.29, 0.717) is 6.42 Å². The average molecular weight is 384 g/mol. The fourth-order valence-electron chi connectivity index (χ4n) is 4.18. The molecule has 0 unspecified atom stereocenters. The number of ether oxygens (including phenoxy) is 2. The number of para-hydroxylation sites is 1. The molecule has 0 aliphatic carbocycles. The molecule has 3 rings (SSSR count). The Bertz CT molecular complexity index is 742. The Labute approximate surface area is 168 Å². The summed E-state index contributed by atoms with van der Waals surface area (Å²) in [6, 6.07) is 16.0. The largest absolute Gasteiger partial charge is 0.457 e. The molecule has 0 radical (unpaired) electrons. The molecule has 1 saturated heterocycles. The van der Waals surface area contributed by atoms with Gasteiger partial charge in [-0.05, 0) is 69.3 Å². The number of aliphatic hydroxyl groups is 1. The van der Waals surface area contributed by atoms with E-state index in [-0.39, 0.29) is 5.92 Å². The first kappa shape index (κ1) is 20.8. The van der Waals surface area contributed by atoms with Crippen LogP contribution >= 0.6 is 0 Å². The van der Waals surface area contributed by atoms with Crippen LogP contribution in [0.4, 0.5) is 0 Å². The molecule has 4 nitrogen and oxygen atoms in total. The van der Waals surface area contributed by atoms with E-state index >= 15 is 0 Å². The van der Waals surface area contributed by atoms with Crippen molar-refractivity contribution in [3.63, 3.8) is 0 Å². The number of unbranched alkanes of at least 4 members (excludes halogenated alkanes) is 1. The van der Waals surface area contributed by atoms with E-state index in [1.54, 1.807) is 7.11 Å². The molecular formula is C24H33NO3. The van der Waals surface area contributed by atoms with Crippen LogP contribution in [-0.2, 0) is 10.3 Å². The number of benzene rings is 2. The van der Waals surface area contributed by atoms with Gasteiger partial charge in [-0.1, -0.05) is 30.3 Å². The summed E-state index contributed by atoms with van der Waals surface area (Å²) in [6.07, 6.45) is 4.68. The number of rotatable bonds is 9. The molecule has 2 aromatic carbocycles. The van der Waals surface area contributed by atoms with Crippen molar-refractivity contribution in [2.75, 3.05) is 26.8 Å². The minimum atomic E-state index is -0.915. The predicted octanol–water partition coefficient (Wildman–Crippen LogP) is 4.79. The maximum Gasteiger partial charge on any atom is 0.133 e. The first-order chi connectivity index (χ1) is 13.6. The summed E-state index contributed by atoms with van der Waals surface area (Å²) in [6.45, 7) is 4.64. The van der Waals surface area contributed by atoms with Crippen LogP contribution in [0.5, 0.6) is 11.5 Å². The van der Waals surface area contributed by atoms with E-state index in [9.17, 15) is 5.11 Å². The van der Waals surface area contributed by atoms with Gasteiger partial charge in [-0.3, -0.25) is 0 Å². The Balaban J connectivity index is 1.90. The maximum atomic E-state index is 12.0. The van der Waals surface area contributed by atoms with Crippen LogP contribution in [0.1, 0.15) is 43.2 Å². The summed E-state index contributed by atoms with van der Waals surface area (Å²) in [5.74, 6) is 1.72. The van der Waals surface area contributed by atoms with Crippen LogP contribution in [0.2, 0.25) is 0 Å². The highest BCUT2D eigenvalue weighted by molar-refractivity contribution is 5.42. The minimum Gasteiger partial charge on any atom is -0.457 e. The van der Waals surface area contributed by atoms with Crippen molar-refractivity contribution >= 4 is 0 Å². The van der Waals surface area contributed by atoms with Crippen molar-refractivity contribution in [1.82, 2.24) is 5.32 Å². The topological polar surface area (TPSA) is 50.7 Å². The SMILES string of the molecule is COCCCC[C@@](O)(c1ccccc1Oc1cccc(C)c1)[C@@H]1CCCNC1. The lowest BCUT2D eigenvalue weighted by Crippen LogP contribution is -2.44. The Morgan fingerprint density at radius 2 is 2.00 bits per heavy atom. The van der Waals surface area contributed by atoms with Crippen molar-refractivity contribution in [2.24, 2.45) is 5.92 Å². The Morgan fingerprint density at radius 3 is 2.75 bits per heavy atom. The molecule has 1 aliphatic rings. The Kier molecular flexibility index (Phi) is 7.49. The van der Waals surface area contributed by atoms with E-state index < -0.39 is 5.60 Å². The van der Waals surface area contributed by atoms with Gasteiger partial charge in [0.2, 0.25) is 0 Å². The van der Waals surface area contributed by atoms with Crippen LogP contribution in [0, 0.1) is 12.8 Å². The monoisotopic (exact) mass is 383 g/mol. The van der Waals surface area contributed by atoms with Gasteiger partial charge in [-0.25, -0.2) is 0 Å². The quantitative estimate of drug-likeness (QED) is 0.611. The molecule has 2 N–H and O–H groups in total. The van der Waals surface area contributed by atoms with E-state index in [0.717, 1.165) is 68.0 Å². The molecule has 1 aliphatic heterocycles. The number of aryl methyl sites for hydroxylation is 1. The number of hydrogen-bond acceptors (Lipinski definition) is 4. The van der Waals surface area contributed by atoms with Gasteiger partial charge in [-0.15, -0.1) is 0 Å². The van der Waals surface area contributed by atoms with Gasteiger partial charge in [0.15, 0.2) is 0 Å². The first-order valence-corrected chi connectivity index (χ1v) is 10.4. The second-order valence-corrected chi connectivity index (χ2v) is 7.83. The Morgan fingerprint density at radius 1 is 1.14 bits per heavy atom. The molecule has 2 aromatic rings. The van der Waals surface area contributed by atoms with Gasteiger partial charge < -0.3 is 19.9 Å². The summed E-state index contributed by atoms with van der Waals surface area (Å²) in [5.41, 5.74) is 1.13. The summed E-state index contributed by atoms with van der Waals surface area (Å²) >= 11 is 0. The van der Waals surface area contributed by atoms with Gasteiger partial charge >= 0.3 is 0 Å². The molecule has 0 aromatic heterocycles. The molecular weight excluding hydrogens is 350 g/mol. The molecule has 0 bridgehead atoms. The molecule has 28 heavy (non-hydrogen) atoms. The van der Waals surface area contributed by atoms with Crippen molar-refractivity contribution in [3.05, 3.63) is 59.7 Å². The molecule has 1 heterocycles. The molecule has 0 saturated carbocycles. The molecule has 4 heteroatoms. The zero-order valence-electron chi connectivity index (χ0n) is 17.1. The average Bonchev–Trinajstić information content (AvgIpc) is 2.72. The lowest BCUT2D eigenvalue weighted by Gasteiger charge is -2.40. The summed E-state index contributed by atoms with van der Waals surface area (Å²) in [4.78, 5) is 0. The van der Waals surface area contributed by atoms with Crippen LogP contribution in [0.3, 0.4) is 0 Å². The van der Waals surface area contributed by atoms with Gasteiger partial charge in [0.25, 0.3) is 0 Å². The lowest BCUT2D eigenvalue weighted by atomic mass is 9.74. The van der Waals surface area contributed by atoms with Crippen LogP contribution in [0.25, 0.3) is 0 Å². The second-order valence-electron chi connectivity index (χ2n) is 7.83. The zero-order valence-corrected chi connectivity index (χ0v) is 17.1. The van der Waals surface area contributed by atoms with Crippen LogP contribution in [-0.4, -0.2) is 31.9 Å². The van der Waals surface area contributed by atoms with E-state index in [2.05, 4.69) is 18.3 Å². The van der Waals surface area contributed by atoms with Crippen molar-refractivity contribution in [2.45, 2.75) is 44.6 Å². The van der Waals surface area contributed by atoms with Crippen molar-refractivity contribution < 1.29 is 14.6 Å². The second kappa shape index (κ2) is 10.1. The normalized spacial score (nSPS) is 19.2. The lowest BCUT2D eigenvalue weighted by molar-refractivity contribution is -0.0446. The molecule has 2 atom stereocenters. The van der Waals surface area contributed by atoms with Gasteiger partial charge in [-0.2, -0.15) is 0 Å². The number of methoxy groups -OCH3 is 1. The third kappa shape index (κ3) is 5.13. The fraction of sp³-hybridized carbons (Fsp3) is 0.500. The third-order valence-corrected chi connectivity index (χ3v) is 5.70. The highest BCUT2D eigenvalue weighted by Gasteiger charge is 2.40. The van der Waals surface area contributed by atoms with E-state index in [4.69, 9.17) is 9.47 Å². The molecule has 1 fully saturated rings. The number of piperidine rings is 1. The molecule has 0 amide bonds. The van der Waals surface area contributed by atoms with Crippen molar-refractivity contribution in [1.29, 1.82) is 0 Å². The van der Waals surface area contributed by atoms with E-state index in [1.807, 2.05) is 42.5 Å². The Hall–Kier alpha value is -1.88. The minimum absolute atomic E-state index is 0.172. The first-order valence-electron chi connectivity index (χ1n) is 10.4. The third-order valence-electron chi connectivity index (χ3n) is 5.70. The molecule has 152 valence electrons. The summed E-state index contributed by atoms with van der Waals surface area (Å²) in [5, 5.41) is 15.4. The molecule has 0 spiro atoms. The fourth-order valence-corrected chi connectivity index (χ4v) is 4.18. The highest BCUT2D eigenvalue weighted by atomic mass is 16.5. The highest BCUT2D eigenvalue weighted by Crippen LogP contribution is 2.43. The number of nitrogens with one attached hydrogen (secondary N) is 1. The van der Waals surface area contributed by atoms with Gasteiger partial charge in [0.05, 0.1) is 5.60 Å². The summed E-state index contributed by atoms with van der Waals surface area (Å²) < 4.78 is 11.5. The standard InChI is InChI=1S/C24H33NO3/c1-19-9-7-11-21(17-19)28-23-13-4-3-12-22(23)24(26,14-5-6-16-27-2)20-10-8-15-25-18-20/h3-4,7,9,11-13,17,20,25-26H,5-6,8,10,14-16,18H2,1-2H3/t20-,24+/m1/s1. The number of hydrogen-bond donors (Lipinski definition) is 2. The summed E-state index contributed by atoms with van der Waals surface area (Å²) in [7, 11) is 1.72. The van der Waals surface area contributed by atoms with E-state index in [1.165, 1.54) is 0 Å². The predicted molar refractivity (Wildman–Crippen MR) is 113 cm³/mol. The van der Waals surface area contributed by atoms with Crippen LogP contribution < -0.4 is 10.1 Å².